The minimum absolute atomic E-state index is 0.242. The van der Waals surface area contributed by atoms with Gasteiger partial charge in [0.2, 0.25) is 0 Å². The Kier molecular flexibility index (Phi) is 3.95. The van der Waals surface area contributed by atoms with E-state index in [2.05, 4.69) is 51.1 Å². The predicted octanol–water partition coefficient (Wildman–Crippen LogP) is 6.02. The third kappa shape index (κ3) is 2.74. The summed E-state index contributed by atoms with van der Waals surface area (Å²) in [5.41, 5.74) is 6.24. The molecule has 0 aliphatic heterocycles. The van der Waals surface area contributed by atoms with Gasteiger partial charge in [0.15, 0.2) is 0 Å². The lowest BCUT2D eigenvalue weighted by atomic mass is 9.96. The fraction of sp³-hybridized carbons (Fsp3) is 0.261. The van der Waals surface area contributed by atoms with Gasteiger partial charge in [-0.05, 0) is 43.4 Å². The average molecular weight is 346 g/mol. The first kappa shape index (κ1) is 16.6. The fourth-order valence-corrected chi connectivity index (χ4v) is 3.51. The number of furan rings is 1. The van der Waals surface area contributed by atoms with Gasteiger partial charge in [-0.25, -0.2) is 4.79 Å². The first-order valence-corrected chi connectivity index (χ1v) is 8.98. The molecule has 0 saturated carbocycles. The van der Waals surface area contributed by atoms with Crippen molar-refractivity contribution in [1.29, 1.82) is 0 Å². The maximum atomic E-state index is 12.4. The van der Waals surface area contributed by atoms with Crippen LogP contribution >= 0.6 is 0 Å². The standard InChI is InChI=1S/C23H22O3/c1-13(2)9-18-15(4)17-10-19-20(16-7-5-14(3)6-8-16)12-25-21(19)11-22(17)26-23(18)24/h5-8,10-13H,9H2,1-4H3. The summed E-state index contributed by atoms with van der Waals surface area (Å²) >= 11 is 0. The van der Waals surface area contributed by atoms with E-state index in [1.807, 2.05) is 13.0 Å². The maximum Gasteiger partial charge on any atom is 0.339 e. The number of benzene rings is 2. The highest BCUT2D eigenvalue weighted by atomic mass is 16.4. The molecule has 0 radical (unpaired) electrons. The molecule has 0 amide bonds. The van der Waals surface area contributed by atoms with Crippen LogP contribution in [0.25, 0.3) is 33.1 Å². The van der Waals surface area contributed by atoms with Gasteiger partial charge in [0, 0.05) is 28.0 Å². The normalized spacial score (nSPS) is 11.7. The van der Waals surface area contributed by atoms with E-state index in [1.54, 1.807) is 6.26 Å². The van der Waals surface area contributed by atoms with Gasteiger partial charge in [0.1, 0.15) is 11.2 Å². The van der Waals surface area contributed by atoms with E-state index in [4.69, 9.17) is 8.83 Å². The average Bonchev–Trinajstić information content (AvgIpc) is 3.00. The minimum atomic E-state index is -0.242. The molecule has 0 bridgehead atoms. The van der Waals surface area contributed by atoms with Crippen LogP contribution in [0.1, 0.15) is 30.5 Å². The van der Waals surface area contributed by atoms with Crippen molar-refractivity contribution in [2.75, 3.05) is 0 Å². The second-order valence-corrected chi connectivity index (χ2v) is 7.45. The Morgan fingerprint density at radius 2 is 1.69 bits per heavy atom. The number of fused-ring (bicyclic) bond motifs is 2. The van der Waals surface area contributed by atoms with Crippen molar-refractivity contribution in [3.8, 4) is 11.1 Å². The topological polar surface area (TPSA) is 43.4 Å². The summed E-state index contributed by atoms with van der Waals surface area (Å²) in [4.78, 5) is 12.4. The van der Waals surface area contributed by atoms with Crippen LogP contribution in [0.3, 0.4) is 0 Å². The van der Waals surface area contributed by atoms with Gasteiger partial charge in [-0.1, -0.05) is 43.7 Å². The van der Waals surface area contributed by atoms with Crippen molar-refractivity contribution in [3.05, 3.63) is 69.8 Å². The Morgan fingerprint density at radius 1 is 0.962 bits per heavy atom. The van der Waals surface area contributed by atoms with E-state index >= 15 is 0 Å². The Hall–Kier alpha value is -2.81. The lowest BCUT2D eigenvalue weighted by molar-refractivity contribution is 0.532. The van der Waals surface area contributed by atoms with Gasteiger partial charge in [-0.3, -0.25) is 0 Å². The molecule has 0 spiro atoms. The summed E-state index contributed by atoms with van der Waals surface area (Å²) in [7, 11) is 0. The van der Waals surface area contributed by atoms with Crippen molar-refractivity contribution < 1.29 is 8.83 Å². The van der Waals surface area contributed by atoms with Crippen LogP contribution in [-0.2, 0) is 6.42 Å². The molecule has 2 aromatic carbocycles. The number of rotatable bonds is 3. The quantitative estimate of drug-likeness (QED) is 0.426. The van der Waals surface area contributed by atoms with Crippen LogP contribution in [-0.4, -0.2) is 0 Å². The summed E-state index contributed by atoms with van der Waals surface area (Å²) in [6, 6.07) is 12.3. The molecule has 4 aromatic rings. The third-order valence-corrected chi connectivity index (χ3v) is 4.96. The van der Waals surface area contributed by atoms with Gasteiger partial charge >= 0.3 is 5.63 Å². The molecule has 0 saturated heterocycles. The van der Waals surface area contributed by atoms with Crippen LogP contribution in [0.2, 0.25) is 0 Å². The first-order valence-electron chi connectivity index (χ1n) is 8.98. The van der Waals surface area contributed by atoms with Crippen LogP contribution < -0.4 is 5.63 Å². The second-order valence-electron chi connectivity index (χ2n) is 7.45. The Morgan fingerprint density at radius 3 is 2.38 bits per heavy atom. The number of hydrogen-bond acceptors (Lipinski definition) is 3. The van der Waals surface area contributed by atoms with Crippen molar-refractivity contribution in [2.24, 2.45) is 5.92 Å². The van der Waals surface area contributed by atoms with Crippen LogP contribution in [0.4, 0.5) is 0 Å². The molecule has 132 valence electrons. The van der Waals surface area contributed by atoms with Crippen molar-refractivity contribution in [2.45, 2.75) is 34.1 Å². The van der Waals surface area contributed by atoms with E-state index in [0.717, 1.165) is 45.0 Å². The summed E-state index contributed by atoms with van der Waals surface area (Å²) in [5, 5.41) is 2.01. The van der Waals surface area contributed by atoms with E-state index in [0.29, 0.717) is 11.5 Å². The summed E-state index contributed by atoms with van der Waals surface area (Å²) < 4.78 is 11.4. The molecule has 3 heteroatoms. The lowest BCUT2D eigenvalue weighted by Gasteiger charge is -2.10. The number of hydrogen-bond donors (Lipinski definition) is 0. The molecule has 0 atom stereocenters. The monoisotopic (exact) mass is 346 g/mol. The van der Waals surface area contributed by atoms with Crippen LogP contribution in [0.15, 0.2) is 56.3 Å². The largest absolute Gasteiger partial charge is 0.464 e. The molecule has 2 aromatic heterocycles. The zero-order valence-electron chi connectivity index (χ0n) is 15.6. The second kappa shape index (κ2) is 6.17. The zero-order chi connectivity index (χ0) is 18.4. The molecule has 4 rings (SSSR count). The molecule has 0 fully saturated rings. The number of aryl methyl sites for hydroxylation is 2. The van der Waals surface area contributed by atoms with Gasteiger partial charge in [0.25, 0.3) is 0 Å². The smallest absolute Gasteiger partial charge is 0.339 e. The molecule has 0 aliphatic carbocycles. The predicted molar refractivity (Wildman–Crippen MR) is 106 cm³/mol. The maximum absolute atomic E-state index is 12.4. The van der Waals surface area contributed by atoms with E-state index in [1.165, 1.54) is 5.56 Å². The van der Waals surface area contributed by atoms with Crippen LogP contribution in [0.5, 0.6) is 0 Å². The SMILES string of the molecule is Cc1ccc(-c2coc3cc4oc(=O)c(CC(C)C)c(C)c4cc23)cc1. The highest BCUT2D eigenvalue weighted by Gasteiger charge is 2.16. The lowest BCUT2D eigenvalue weighted by Crippen LogP contribution is -2.12. The molecule has 3 nitrogen and oxygen atoms in total. The van der Waals surface area contributed by atoms with Crippen molar-refractivity contribution in [1.82, 2.24) is 0 Å². The fourth-order valence-electron chi connectivity index (χ4n) is 3.51. The van der Waals surface area contributed by atoms with Gasteiger partial charge in [0.05, 0.1) is 6.26 Å². The molecular weight excluding hydrogens is 324 g/mol. The van der Waals surface area contributed by atoms with E-state index in [9.17, 15) is 4.79 Å². The summed E-state index contributed by atoms with van der Waals surface area (Å²) in [6.07, 6.45) is 2.50. The molecule has 2 heterocycles. The summed E-state index contributed by atoms with van der Waals surface area (Å²) in [6.45, 7) is 8.30. The molecule has 26 heavy (non-hydrogen) atoms. The first-order chi connectivity index (χ1) is 12.4. The Bertz CT molecular complexity index is 1160. The molecule has 0 N–H and O–H groups in total. The Balaban J connectivity index is 1.98. The molecular formula is C23H22O3. The highest BCUT2D eigenvalue weighted by molar-refractivity contribution is 6.02. The minimum Gasteiger partial charge on any atom is -0.464 e. The van der Waals surface area contributed by atoms with Crippen molar-refractivity contribution >= 4 is 21.9 Å². The Labute approximate surface area is 152 Å². The highest BCUT2D eigenvalue weighted by Crippen LogP contribution is 2.34. The molecule has 0 unspecified atom stereocenters. The van der Waals surface area contributed by atoms with E-state index < -0.39 is 0 Å². The molecule has 0 aliphatic rings. The van der Waals surface area contributed by atoms with Crippen LogP contribution in [0, 0.1) is 19.8 Å². The zero-order valence-corrected chi connectivity index (χ0v) is 15.6. The van der Waals surface area contributed by atoms with Gasteiger partial charge < -0.3 is 8.83 Å². The van der Waals surface area contributed by atoms with Gasteiger partial charge in [-0.15, -0.1) is 0 Å². The van der Waals surface area contributed by atoms with E-state index in [-0.39, 0.29) is 5.63 Å². The third-order valence-electron chi connectivity index (χ3n) is 4.96. The van der Waals surface area contributed by atoms with Crippen molar-refractivity contribution in [3.63, 3.8) is 0 Å². The summed E-state index contributed by atoms with van der Waals surface area (Å²) in [5.74, 6) is 0.398. The van der Waals surface area contributed by atoms with Gasteiger partial charge in [-0.2, -0.15) is 0 Å².